The first-order chi connectivity index (χ1) is 9.86. The largest absolute Gasteiger partial charge is 0.205 e. The van der Waals surface area contributed by atoms with E-state index in [1.807, 2.05) is 30.3 Å². The van der Waals surface area contributed by atoms with Gasteiger partial charge in [-0.05, 0) is 28.7 Å². The molecule has 0 amide bonds. The minimum atomic E-state index is -0.583. The molecule has 0 unspecified atom stereocenters. The van der Waals surface area contributed by atoms with Gasteiger partial charge in [0, 0.05) is 5.56 Å². The molecule has 2 aromatic carbocycles. The quantitative estimate of drug-likeness (QED) is 0.769. The molecule has 104 valence electrons. The summed E-state index contributed by atoms with van der Waals surface area (Å²) in [5.74, 6) is -0.583. The average molecular weight is 278 g/mol. The molecule has 0 N–H and O–H groups in total. The number of halogens is 1. The van der Waals surface area contributed by atoms with Gasteiger partial charge in [-0.1, -0.05) is 45.0 Å². The third-order valence-electron chi connectivity index (χ3n) is 3.38. The zero-order valence-corrected chi connectivity index (χ0v) is 12.2. The van der Waals surface area contributed by atoms with Crippen molar-refractivity contribution in [2.24, 2.45) is 0 Å². The average Bonchev–Trinajstić information content (AvgIpc) is 2.47. The van der Waals surface area contributed by atoms with Gasteiger partial charge in [-0.15, -0.1) is 0 Å². The van der Waals surface area contributed by atoms with Crippen molar-refractivity contribution in [1.82, 2.24) is 0 Å². The molecular weight excluding hydrogens is 263 g/mol. The number of rotatable bonds is 1. The Morgan fingerprint density at radius 2 is 1.57 bits per heavy atom. The standard InChI is InChI=1S/C18H15FN2/c1-18(2,3)15-6-4-13(5-7-15)16-9-12(10-20)8-14(11-21)17(16)19/h4-9H,1-3H3. The fourth-order valence-electron chi connectivity index (χ4n) is 2.13. The maximum atomic E-state index is 14.3. The Hall–Kier alpha value is -2.65. The van der Waals surface area contributed by atoms with Gasteiger partial charge in [0.1, 0.15) is 11.9 Å². The zero-order chi connectivity index (χ0) is 15.6. The summed E-state index contributed by atoms with van der Waals surface area (Å²) in [6.07, 6.45) is 0. The van der Waals surface area contributed by atoms with E-state index in [0.717, 1.165) is 5.56 Å². The van der Waals surface area contributed by atoms with E-state index in [1.165, 1.54) is 12.1 Å². The Labute approximate surface area is 124 Å². The summed E-state index contributed by atoms with van der Waals surface area (Å²) in [7, 11) is 0. The van der Waals surface area contributed by atoms with Gasteiger partial charge in [0.15, 0.2) is 0 Å². The van der Waals surface area contributed by atoms with Crippen LogP contribution in [0.2, 0.25) is 0 Å². The van der Waals surface area contributed by atoms with Crippen LogP contribution in [0, 0.1) is 28.5 Å². The third kappa shape index (κ3) is 2.93. The predicted octanol–water partition coefficient (Wildman–Crippen LogP) is 4.53. The van der Waals surface area contributed by atoms with Crippen molar-refractivity contribution in [2.75, 3.05) is 0 Å². The molecule has 0 radical (unpaired) electrons. The molecule has 0 aromatic heterocycles. The SMILES string of the molecule is CC(C)(C)c1ccc(-c2cc(C#N)cc(C#N)c2F)cc1. The number of nitrogens with zero attached hydrogens (tertiary/aromatic N) is 2. The van der Waals surface area contributed by atoms with Crippen molar-refractivity contribution in [3.63, 3.8) is 0 Å². The van der Waals surface area contributed by atoms with Crippen LogP contribution in [0.4, 0.5) is 4.39 Å². The molecule has 0 saturated carbocycles. The first-order valence-corrected chi connectivity index (χ1v) is 6.61. The summed E-state index contributed by atoms with van der Waals surface area (Å²) < 4.78 is 14.3. The van der Waals surface area contributed by atoms with Gasteiger partial charge < -0.3 is 0 Å². The van der Waals surface area contributed by atoms with E-state index in [0.29, 0.717) is 5.56 Å². The Bertz CT molecular complexity index is 754. The molecule has 0 bridgehead atoms. The lowest BCUT2D eigenvalue weighted by Gasteiger charge is -2.19. The minimum absolute atomic E-state index is 0.0173. The molecule has 0 aliphatic carbocycles. The van der Waals surface area contributed by atoms with Crippen LogP contribution in [-0.2, 0) is 5.41 Å². The van der Waals surface area contributed by atoms with E-state index in [2.05, 4.69) is 20.8 Å². The summed E-state index contributed by atoms with van der Waals surface area (Å²) in [4.78, 5) is 0. The first-order valence-electron chi connectivity index (χ1n) is 6.61. The van der Waals surface area contributed by atoms with Crippen LogP contribution in [-0.4, -0.2) is 0 Å². The van der Waals surface area contributed by atoms with Crippen LogP contribution >= 0.6 is 0 Å². The van der Waals surface area contributed by atoms with Crippen molar-refractivity contribution >= 4 is 0 Å². The smallest absolute Gasteiger partial charge is 0.148 e. The zero-order valence-electron chi connectivity index (χ0n) is 12.2. The van der Waals surface area contributed by atoms with E-state index in [-0.39, 0.29) is 22.1 Å². The number of hydrogen-bond donors (Lipinski definition) is 0. The third-order valence-corrected chi connectivity index (χ3v) is 3.38. The van der Waals surface area contributed by atoms with Crippen LogP contribution < -0.4 is 0 Å². The van der Waals surface area contributed by atoms with Gasteiger partial charge in [0.2, 0.25) is 0 Å². The van der Waals surface area contributed by atoms with E-state index >= 15 is 0 Å². The highest BCUT2D eigenvalue weighted by Crippen LogP contribution is 2.29. The first kappa shape index (κ1) is 14.8. The second-order valence-corrected chi connectivity index (χ2v) is 5.94. The fourth-order valence-corrected chi connectivity index (χ4v) is 2.13. The van der Waals surface area contributed by atoms with E-state index < -0.39 is 5.82 Å². The van der Waals surface area contributed by atoms with Gasteiger partial charge in [0.25, 0.3) is 0 Å². The Balaban J connectivity index is 2.58. The molecule has 0 atom stereocenters. The van der Waals surface area contributed by atoms with Gasteiger partial charge in [0.05, 0.1) is 17.2 Å². The molecule has 0 heterocycles. The molecule has 0 saturated heterocycles. The Kier molecular flexibility index (Phi) is 3.78. The molecule has 2 rings (SSSR count). The lowest BCUT2D eigenvalue weighted by Crippen LogP contribution is -2.10. The van der Waals surface area contributed by atoms with Gasteiger partial charge in [-0.2, -0.15) is 10.5 Å². The van der Waals surface area contributed by atoms with Crippen molar-refractivity contribution < 1.29 is 4.39 Å². The summed E-state index contributed by atoms with van der Waals surface area (Å²) >= 11 is 0. The fraction of sp³-hybridized carbons (Fsp3) is 0.222. The van der Waals surface area contributed by atoms with Crippen LogP contribution in [0.25, 0.3) is 11.1 Å². The van der Waals surface area contributed by atoms with Crippen LogP contribution in [0.1, 0.15) is 37.5 Å². The van der Waals surface area contributed by atoms with E-state index in [9.17, 15) is 4.39 Å². The molecule has 0 spiro atoms. The van der Waals surface area contributed by atoms with Crippen LogP contribution in [0.5, 0.6) is 0 Å². The summed E-state index contributed by atoms with van der Waals surface area (Å²) in [6.45, 7) is 6.31. The molecule has 0 aliphatic rings. The second-order valence-electron chi connectivity index (χ2n) is 5.94. The predicted molar refractivity (Wildman–Crippen MR) is 80.0 cm³/mol. The lowest BCUT2D eigenvalue weighted by atomic mass is 9.86. The van der Waals surface area contributed by atoms with E-state index in [1.54, 1.807) is 6.07 Å². The van der Waals surface area contributed by atoms with Gasteiger partial charge in [-0.3, -0.25) is 0 Å². The van der Waals surface area contributed by atoms with Crippen LogP contribution in [0.15, 0.2) is 36.4 Å². The maximum absolute atomic E-state index is 14.3. The molecular formula is C18H15FN2. The van der Waals surface area contributed by atoms with Crippen molar-refractivity contribution in [2.45, 2.75) is 26.2 Å². The van der Waals surface area contributed by atoms with Crippen molar-refractivity contribution in [3.05, 3.63) is 58.9 Å². The topological polar surface area (TPSA) is 47.6 Å². The molecule has 2 nitrogen and oxygen atoms in total. The highest BCUT2D eigenvalue weighted by Gasteiger charge is 2.15. The van der Waals surface area contributed by atoms with E-state index in [4.69, 9.17) is 10.5 Å². The maximum Gasteiger partial charge on any atom is 0.148 e. The van der Waals surface area contributed by atoms with Crippen molar-refractivity contribution in [3.8, 4) is 23.3 Å². The van der Waals surface area contributed by atoms with Gasteiger partial charge >= 0.3 is 0 Å². The summed E-state index contributed by atoms with van der Waals surface area (Å²) in [6, 6.07) is 14.0. The molecule has 0 aliphatic heterocycles. The summed E-state index contributed by atoms with van der Waals surface area (Å²) in [5, 5.41) is 17.9. The minimum Gasteiger partial charge on any atom is -0.205 e. The van der Waals surface area contributed by atoms with Gasteiger partial charge in [-0.25, -0.2) is 4.39 Å². The second kappa shape index (κ2) is 5.38. The molecule has 3 heteroatoms. The van der Waals surface area contributed by atoms with Crippen molar-refractivity contribution in [1.29, 1.82) is 10.5 Å². The van der Waals surface area contributed by atoms with Crippen LogP contribution in [0.3, 0.4) is 0 Å². The summed E-state index contributed by atoms with van der Waals surface area (Å²) in [5.41, 5.74) is 2.28. The molecule has 0 fully saturated rings. The highest BCUT2D eigenvalue weighted by molar-refractivity contribution is 5.68. The Morgan fingerprint density at radius 3 is 2.05 bits per heavy atom. The monoisotopic (exact) mass is 278 g/mol. The molecule has 2 aromatic rings. The normalized spacial score (nSPS) is 10.8. The number of hydrogen-bond acceptors (Lipinski definition) is 2. The Morgan fingerprint density at radius 1 is 0.952 bits per heavy atom. The molecule has 21 heavy (non-hydrogen) atoms. The lowest BCUT2D eigenvalue weighted by molar-refractivity contribution is 0.590. The number of benzene rings is 2. The highest BCUT2D eigenvalue weighted by atomic mass is 19.1. The number of nitriles is 2.